The molecule has 0 saturated carbocycles. The summed E-state index contributed by atoms with van der Waals surface area (Å²) in [5.74, 6) is -0.0721. The highest BCUT2D eigenvalue weighted by molar-refractivity contribution is 7.79. The van der Waals surface area contributed by atoms with Crippen LogP contribution in [-0.4, -0.2) is 61.5 Å². The van der Waals surface area contributed by atoms with Gasteiger partial charge in [-0.05, 0) is 36.4 Å². The van der Waals surface area contributed by atoms with Crippen LogP contribution < -0.4 is 4.90 Å². The molecule has 158 valence electrons. The summed E-state index contributed by atoms with van der Waals surface area (Å²) in [6, 6.07) is 14.0. The normalized spacial score (nSPS) is 18.0. The lowest BCUT2D eigenvalue weighted by Crippen LogP contribution is -2.57. The molecule has 2 N–H and O–H groups in total. The van der Waals surface area contributed by atoms with Crippen LogP contribution in [-0.2, 0) is 22.4 Å². The van der Waals surface area contributed by atoms with E-state index in [2.05, 4.69) is 4.90 Å². The number of aromatic nitrogens is 1. The minimum atomic E-state index is -2.01. The Morgan fingerprint density at radius 2 is 1.90 bits per heavy atom. The number of amides is 1. The van der Waals surface area contributed by atoms with E-state index >= 15 is 0 Å². The van der Waals surface area contributed by atoms with Crippen molar-refractivity contribution in [3.63, 3.8) is 0 Å². The van der Waals surface area contributed by atoms with E-state index in [0.29, 0.717) is 29.6 Å². The molecule has 30 heavy (non-hydrogen) atoms. The van der Waals surface area contributed by atoms with Gasteiger partial charge in [0.1, 0.15) is 6.54 Å². The highest BCUT2D eigenvalue weighted by Gasteiger charge is 2.30. The summed E-state index contributed by atoms with van der Waals surface area (Å²) in [4.78, 5) is 17.1. The molecule has 1 aliphatic rings. The molecule has 2 atom stereocenters. The number of carbonyl (C=O) groups is 1. The number of benzene rings is 2. The molecule has 9 heteroatoms. The number of para-hydroxylation sites is 1. The first-order valence-corrected chi connectivity index (χ1v) is 11.1. The lowest BCUT2D eigenvalue weighted by atomic mass is 10.1. The molecular weight excluding hydrogens is 426 g/mol. The van der Waals surface area contributed by atoms with Crippen molar-refractivity contribution in [2.24, 2.45) is 0 Å². The average Bonchev–Trinajstić information content (AvgIpc) is 3.17. The van der Waals surface area contributed by atoms with Gasteiger partial charge in [-0.25, -0.2) is 4.21 Å². The number of fused-ring (bicyclic) bond motifs is 1. The number of carbonyl (C=O) groups excluding carboxylic acids is 1. The third-order valence-electron chi connectivity index (χ3n) is 5.46. The Morgan fingerprint density at radius 3 is 2.60 bits per heavy atom. The summed E-state index contributed by atoms with van der Waals surface area (Å²) in [5, 5.41) is 11.5. The fourth-order valence-corrected chi connectivity index (χ4v) is 4.59. The van der Waals surface area contributed by atoms with Crippen molar-refractivity contribution in [2.75, 3.05) is 31.1 Å². The van der Waals surface area contributed by atoms with E-state index in [4.69, 9.17) is 16.2 Å². The Morgan fingerprint density at radius 1 is 1.13 bits per heavy atom. The SMILES string of the molecule is O=C(Cn1ccc2cccc(Cl)c21)N1CCN(c2ccc(S(=O)O)cc2)C[C@@H]1CO. The topological polar surface area (TPSA) is 86.0 Å². The standard InChI is InChI=1S/C21H22ClN3O4S/c22-19-3-1-2-15-8-9-24(21(15)19)13-20(27)25-11-10-23(12-17(25)14-26)16-4-6-18(7-5-16)30(28)29/h1-9,17,26H,10-14H2,(H,28,29)/t17-/m1/s1. The molecule has 7 nitrogen and oxygen atoms in total. The largest absolute Gasteiger partial charge is 0.394 e. The summed E-state index contributed by atoms with van der Waals surface area (Å²) in [5.41, 5.74) is 1.71. The van der Waals surface area contributed by atoms with Crippen LogP contribution in [0, 0.1) is 0 Å². The number of piperazine rings is 1. The number of hydrogen-bond donors (Lipinski definition) is 2. The van der Waals surface area contributed by atoms with Crippen molar-refractivity contribution < 1.29 is 18.7 Å². The van der Waals surface area contributed by atoms with Crippen LogP contribution in [0.4, 0.5) is 5.69 Å². The molecule has 3 aromatic rings. The molecule has 1 unspecified atom stereocenters. The van der Waals surface area contributed by atoms with Crippen molar-refractivity contribution in [3.05, 3.63) is 59.8 Å². The van der Waals surface area contributed by atoms with Gasteiger partial charge in [0.05, 0.1) is 28.1 Å². The van der Waals surface area contributed by atoms with Gasteiger partial charge in [-0.2, -0.15) is 0 Å². The molecule has 1 saturated heterocycles. The zero-order valence-corrected chi connectivity index (χ0v) is 17.7. The van der Waals surface area contributed by atoms with Crippen LogP contribution in [0.15, 0.2) is 59.6 Å². The van der Waals surface area contributed by atoms with E-state index in [-0.39, 0.29) is 25.1 Å². The highest BCUT2D eigenvalue weighted by atomic mass is 35.5. The smallest absolute Gasteiger partial charge is 0.242 e. The van der Waals surface area contributed by atoms with E-state index in [1.807, 2.05) is 29.0 Å². The summed E-state index contributed by atoms with van der Waals surface area (Å²) >= 11 is 4.31. The second kappa shape index (κ2) is 8.77. The van der Waals surface area contributed by atoms with Crippen molar-refractivity contribution in [1.82, 2.24) is 9.47 Å². The Labute approximate surface area is 181 Å². The third kappa shape index (κ3) is 4.09. The fourth-order valence-electron chi connectivity index (χ4n) is 3.93. The second-order valence-corrected chi connectivity index (χ2v) is 8.61. The Kier molecular flexibility index (Phi) is 6.10. The molecule has 2 aromatic carbocycles. The van der Waals surface area contributed by atoms with E-state index in [9.17, 15) is 14.1 Å². The molecule has 1 amide bonds. The highest BCUT2D eigenvalue weighted by Crippen LogP contribution is 2.25. The Hall–Kier alpha value is -2.39. The number of anilines is 1. The van der Waals surface area contributed by atoms with Crippen LogP contribution in [0.2, 0.25) is 5.02 Å². The molecule has 2 heterocycles. The third-order valence-corrected chi connectivity index (χ3v) is 6.44. The van der Waals surface area contributed by atoms with Crippen molar-refractivity contribution in [2.45, 2.75) is 17.5 Å². The summed E-state index contributed by atoms with van der Waals surface area (Å²) in [7, 11) is 0. The van der Waals surface area contributed by atoms with Gasteiger partial charge in [0, 0.05) is 36.9 Å². The maximum absolute atomic E-state index is 13.0. The quantitative estimate of drug-likeness (QED) is 0.587. The molecule has 0 radical (unpaired) electrons. The number of nitrogens with zero attached hydrogens (tertiary/aromatic N) is 3. The van der Waals surface area contributed by atoms with Crippen molar-refractivity contribution >= 4 is 45.2 Å². The number of rotatable bonds is 5. The number of hydrogen-bond acceptors (Lipinski definition) is 4. The summed E-state index contributed by atoms with van der Waals surface area (Å²) < 4.78 is 22.2. The lowest BCUT2D eigenvalue weighted by molar-refractivity contribution is -0.135. The predicted molar refractivity (Wildman–Crippen MR) is 117 cm³/mol. The fraction of sp³-hybridized carbons (Fsp3) is 0.286. The van der Waals surface area contributed by atoms with Gasteiger partial charge >= 0.3 is 0 Å². The first-order chi connectivity index (χ1) is 14.5. The molecule has 4 rings (SSSR count). The summed E-state index contributed by atoms with van der Waals surface area (Å²) in [6.45, 7) is 1.58. The zero-order chi connectivity index (χ0) is 21.3. The predicted octanol–water partition coefficient (Wildman–Crippen LogP) is 2.59. The lowest BCUT2D eigenvalue weighted by Gasteiger charge is -2.42. The molecule has 1 aromatic heterocycles. The van der Waals surface area contributed by atoms with Crippen LogP contribution >= 0.6 is 11.6 Å². The zero-order valence-electron chi connectivity index (χ0n) is 16.1. The van der Waals surface area contributed by atoms with Crippen LogP contribution in [0.25, 0.3) is 10.9 Å². The van der Waals surface area contributed by atoms with Crippen LogP contribution in [0.1, 0.15) is 0 Å². The molecular formula is C21H22ClN3O4S. The summed E-state index contributed by atoms with van der Waals surface area (Å²) in [6.07, 6.45) is 1.85. The van der Waals surface area contributed by atoms with Gasteiger partial charge in [0.15, 0.2) is 11.1 Å². The molecule has 1 aliphatic heterocycles. The number of aliphatic hydroxyl groups excluding tert-OH is 1. The van der Waals surface area contributed by atoms with Gasteiger partial charge in [-0.15, -0.1) is 0 Å². The molecule has 0 bridgehead atoms. The monoisotopic (exact) mass is 447 g/mol. The average molecular weight is 448 g/mol. The Balaban J connectivity index is 1.47. The van der Waals surface area contributed by atoms with E-state index in [0.717, 1.165) is 16.6 Å². The molecule has 0 spiro atoms. The maximum atomic E-state index is 13.0. The van der Waals surface area contributed by atoms with Gasteiger partial charge < -0.3 is 24.0 Å². The maximum Gasteiger partial charge on any atom is 0.242 e. The molecule has 1 fully saturated rings. The van der Waals surface area contributed by atoms with Crippen LogP contribution in [0.5, 0.6) is 0 Å². The second-order valence-electron chi connectivity index (χ2n) is 7.23. The van der Waals surface area contributed by atoms with Crippen molar-refractivity contribution in [1.29, 1.82) is 0 Å². The van der Waals surface area contributed by atoms with Gasteiger partial charge in [0.2, 0.25) is 5.91 Å². The number of halogens is 1. The van der Waals surface area contributed by atoms with E-state index < -0.39 is 11.1 Å². The first-order valence-electron chi connectivity index (χ1n) is 9.57. The minimum absolute atomic E-state index is 0.0721. The van der Waals surface area contributed by atoms with Crippen LogP contribution in [0.3, 0.4) is 0 Å². The van der Waals surface area contributed by atoms with E-state index in [1.165, 1.54) is 0 Å². The van der Waals surface area contributed by atoms with Crippen molar-refractivity contribution in [3.8, 4) is 0 Å². The van der Waals surface area contributed by atoms with Gasteiger partial charge in [-0.3, -0.25) is 4.79 Å². The minimum Gasteiger partial charge on any atom is -0.394 e. The Bertz CT molecular complexity index is 1090. The van der Waals surface area contributed by atoms with Gasteiger partial charge in [0.25, 0.3) is 0 Å². The van der Waals surface area contributed by atoms with E-state index in [1.54, 1.807) is 35.2 Å². The molecule has 0 aliphatic carbocycles. The van der Waals surface area contributed by atoms with Gasteiger partial charge in [-0.1, -0.05) is 23.7 Å². The number of aliphatic hydroxyl groups is 1. The first kappa shape index (κ1) is 20.9.